The molecule has 0 aromatic rings. The van der Waals surface area contributed by atoms with E-state index in [1.807, 2.05) is 11.8 Å². The lowest BCUT2D eigenvalue weighted by Gasteiger charge is -2.36. The first kappa shape index (κ1) is 12.3. The van der Waals surface area contributed by atoms with E-state index in [1.54, 1.807) is 0 Å². The molecule has 0 amide bonds. The Labute approximate surface area is 92.2 Å². The van der Waals surface area contributed by atoms with Gasteiger partial charge in [-0.2, -0.15) is 11.8 Å². The molecule has 1 saturated heterocycles. The molecule has 1 N–H and O–H groups in total. The largest absolute Gasteiger partial charge is 0.375 e. The second-order valence-electron chi connectivity index (χ2n) is 4.45. The van der Waals surface area contributed by atoms with Crippen LogP contribution in [0.2, 0.25) is 0 Å². The Kier molecular flexibility index (Phi) is 5.28. The van der Waals surface area contributed by atoms with Gasteiger partial charge in [0.1, 0.15) is 0 Å². The van der Waals surface area contributed by atoms with Gasteiger partial charge in [0.15, 0.2) is 0 Å². The molecule has 1 aliphatic rings. The molecule has 1 atom stereocenters. The molecule has 1 fully saturated rings. The van der Waals surface area contributed by atoms with Crippen LogP contribution in [-0.4, -0.2) is 36.3 Å². The van der Waals surface area contributed by atoms with Gasteiger partial charge in [-0.15, -0.1) is 0 Å². The lowest BCUT2D eigenvalue weighted by atomic mass is 9.94. The van der Waals surface area contributed by atoms with Crippen molar-refractivity contribution in [2.45, 2.75) is 45.3 Å². The third-order valence-corrected chi connectivity index (χ3v) is 3.48. The molecule has 0 aromatic heterocycles. The monoisotopic (exact) mass is 217 g/mol. The quantitative estimate of drug-likeness (QED) is 0.714. The second-order valence-corrected chi connectivity index (χ2v) is 5.84. The topological polar surface area (TPSA) is 21.3 Å². The fourth-order valence-electron chi connectivity index (χ4n) is 1.89. The minimum absolute atomic E-state index is 0.0772. The van der Waals surface area contributed by atoms with Crippen molar-refractivity contribution in [1.82, 2.24) is 5.32 Å². The van der Waals surface area contributed by atoms with E-state index >= 15 is 0 Å². The molecular weight excluding hydrogens is 194 g/mol. The van der Waals surface area contributed by atoms with Crippen LogP contribution in [0, 0.1) is 0 Å². The van der Waals surface area contributed by atoms with E-state index in [4.69, 9.17) is 4.74 Å². The van der Waals surface area contributed by atoms with Crippen LogP contribution in [0.1, 0.15) is 33.6 Å². The lowest BCUT2D eigenvalue weighted by Crippen LogP contribution is -2.44. The van der Waals surface area contributed by atoms with Crippen molar-refractivity contribution in [3.05, 3.63) is 0 Å². The van der Waals surface area contributed by atoms with Crippen LogP contribution >= 0.6 is 11.8 Å². The normalized spacial score (nSPS) is 26.4. The number of rotatable bonds is 5. The highest BCUT2D eigenvalue weighted by molar-refractivity contribution is 7.99. The summed E-state index contributed by atoms with van der Waals surface area (Å²) in [5, 5.41) is 3.61. The summed E-state index contributed by atoms with van der Waals surface area (Å²) in [5.41, 5.74) is 0.0772. The van der Waals surface area contributed by atoms with Gasteiger partial charge >= 0.3 is 0 Å². The molecule has 1 rings (SSSR count). The highest BCUT2D eigenvalue weighted by Crippen LogP contribution is 2.23. The Bertz CT molecular complexity index is 161. The standard InChI is InChI=1S/C11H23NOS/c1-4-14-8-6-12-10-5-7-13-11(2,3)9-10/h10,12H,4-9H2,1-3H3. The summed E-state index contributed by atoms with van der Waals surface area (Å²) in [6, 6.07) is 0.663. The van der Waals surface area contributed by atoms with Crippen LogP contribution in [0.3, 0.4) is 0 Å². The zero-order valence-corrected chi connectivity index (χ0v) is 10.5. The maximum absolute atomic E-state index is 5.68. The van der Waals surface area contributed by atoms with E-state index in [1.165, 1.54) is 17.9 Å². The highest BCUT2D eigenvalue weighted by atomic mass is 32.2. The van der Waals surface area contributed by atoms with Gasteiger partial charge in [0.05, 0.1) is 5.60 Å². The minimum atomic E-state index is 0.0772. The van der Waals surface area contributed by atoms with Crippen molar-refractivity contribution < 1.29 is 4.74 Å². The van der Waals surface area contributed by atoms with Crippen molar-refractivity contribution in [2.75, 3.05) is 24.7 Å². The van der Waals surface area contributed by atoms with Crippen LogP contribution in [0.5, 0.6) is 0 Å². The molecule has 0 aliphatic carbocycles. The van der Waals surface area contributed by atoms with Crippen LogP contribution in [0.4, 0.5) is 0 Å². The molecule has 14 heavy (non-hydrogen) atoms. The molecule has 1 unspecified atom stereocenters. The maximum atomic E-state index is 5.68. The van der Waals surface area contributed by atoms with Crippen molar-refractivity contribution >= 4 is 11.8 Å². The lowest BCUT2D eigenvalue weighted by molar-refractivity contribution is -0.0625. The highest BCUT2D eigenvalue weighted by Gasteiger charge is 2.28. The number of thioether (sulfide) groups is 1. The summed E-state index contributed by atoms with van der Waals surface area (Å²) in [5.74, 6) is 2.45. The van der Waals surface area contributed by atoms with Gasteiger partial charge < -0.3 is 10.1 Å². The first-order chi connectivity index (χ1) is 6.64. The van der Waals surface area contributed by atoms with Crippen molar-refractivity contribution in [2.24, 2.45) is 0 Å². The van der Waals surface area contributed by atoms with E-state index in [0.717, 1.165) is 19.6 Å². The predicted molar refractivity (Wildman–Crippen MR) is 64.1 cm³/mol. The summed E-state index contributed by atoms with van der Waals surface area (Å²) in [6.07, 6.45) is 2.31. The zero-order chi connectivity index (χ0) is 10.4. The fourth-order valence-corrected chi connectivity index (χ4v) is 2.44. The SMILES string of the molecule is CCSCCNC1CCOC(C)(C)C1. The van der Waals surface area contributed by atoms with Gasteiger partial charge in [-0.05, 0) is 32.4 Å². The van der Waals surface area contributed by atoms with Gasteiger partial charge in [0.2, 0.25) is 0 Å². The molecule has 3 heteroatoms. The van der Waals surface area contributed by atoms with Crippen molar-refractivity contribution in [3.63, 3.8) is 0 Å². The van der Waals surface area contributed by atoms with E-state index in [9.17, 15) is 0 Å². The van der Waals surface area contributed by atoms with Crippen LogP contribution in [-0.2, 0) is 4.74 Å². The summed E-state index contributed by atoms with van der Waals surface area (Å²) in [4.78, 5) is 0. The minimum Gasteiger partial charge on any atom is -0.375 e. The molecule has 84 valence electrons. The van der Waals surface area contributed by atoms with Gasteiger partial charge in [-0.3, -0.25) is 0 Å². The third-order valence-electron chi connectivity index (χ3n) is 2.58. The zero-order valence-electron chi connectivity index (χ0n) is 9.64. The van der Waals surface area contributed by atoms with E-state index in [-0.39, 0.29) is 5.60 Å². The number of hydrogen-bond donors (Lipinski definition) is 1. The van der Waals surface area contributed by atoms with Gasteiger partial charge in [-0.1, -0.05) is 6.92 Å². The molecule has 2 nitrogen and oxygen atoms in total. The van der Waals surface area contributed by atoms with Crippen LogP contribution < -0.4 is 5.32 Å². The van der Waals surface area contributed by atoms with Gasteiger partial charge in [-0.25, -0.2) is 0 Å². The van der Waals surface area contributed by atoms with E-state index in [0.29, 0.717) is 6.04 Å². The second kappa shape index (κ2) is 5.99. The smallest absolute Gasteiger partial charge is 0.0641 e. The molecule has 1 aliphatic heterocycles. The Morgan fingerprint density at radius 2 is 2.29 bits per heavy atom. The summed E-state index contributed by atoms with van der Waals surface area (Å²) >= 11 is 2.00. The summed E-state index contributed by atoms with van der Waals surface area (Å²) in [7, 11) is 0. The first-order valence-electron chi connectivity index (χ1n) is 5.59. The fraction of sp³-hybridized carbons (Fsp3) is 1.00. The molecule has 0 radical (unpaired) electrons. The first-order valence-corrected chi connectivity index (χ1v) is 6.74. The molecule has 0 spiro atoms. The Balaban J connectivity index is 2.12. The van der Waals surface area contributed by atoms with E-state index < -0.39 is 0 Å². The van der Waals surface area contributed by atoms with Crippen molar-refractivity contribution in [1.29, 1.82) is 0 Å². The average molecular weight is 217 g/mol. The Hall–Kier alpha value is 0.270. The Morgan fingerprint density at radius 1 is 1.50 bits per heavy atom. The molecule has 1 heterocycles. The van der Waals surface area contributed by atoms with Crippen LogP contribution in [0.15, 0.2) is 0 Å². The van der Waals surface area contributed by atoms with Crippen LogP contribution in [0.25, 0.3) is 0 Å². The molecule has 0 saturated carbocycles. The molecular formula is C11H23NOS. The van der Waals surface area contributed by atoms with Gasteiger partial charge in [0.25, 0.3) is 0 Å². The number of nitrogens with one attached hydrogen (secondary N) is 1. The average Bonchev–Trinajstić information content (AvgIpc) is 2.11. The molecule has 0 aromatic carbocycles. The summed E-state index contributed by atoms with van der Waals surface area (Å²) < 4.78 is 5.68. The van der Waals surface area contributed by atoms with E-state index in [2.05, 4.69) is 26.1 Å². The predicted octanol–water partition coefficient (Wildman–Crippen LogP) is 2.29. The number of ether oxygens (including phenoxy) is 1. The third kappa shape index (κ3) is 4.67. The van der Waals surface area contributed by atoms with Gasteiger partial charge in [0, 0.05) is 24.9 Å². The maximum Gasteiger partial charge on any atom is 0.0641 e. The summed E-state index contributed by atoms with van der Waals surface area (Å²) in [6.45, 7) is 8.62. The Morgan fingerprint density at radius 3 is 2.93 bits per heavy atom. The number of hydrogen-bond acceptors (Lipinski definition) is 3. The molecule has 0 bridgehead atoms. The van der Waals surface area contributed by atoms with Crippen molar-refractivity contribution in [3.8, 4) is 0 Å².